The number of nitrogens with one attached hydrogen (secondary N) is 1. The van der Waals surface area contributed by atoms with Crippen molar-refractivity contribution in [3.05, 3.63) is 48.6 Å². The normalized spacial score (nSPS) is 20.4. The second-order valence-corrected chi connectivity index (χ2v) is 18.6. The molecule has 1 saturated heterocycles. The molecule has 9 nitrogen and oxygen atoms in total. The molecule has 0 saturated carbocycles. The summed E-state index contributed by atoms with van der Waals surface area (Å²) in [6.45, 7) is 3.64. The van der Waals surface area contributed by atoms with E-state index in [1.54, 1.807) is 6.08 Å². The second kappa shape index (κ2) is 45.0. The van der Waals surface area contributed by atoms with Gasteiger partial charge in [-0.1, -0.05) is 217 Å². The highest BCUT2D eigenvalue weighted by molar-refractivity contribution is 5.76. The molecule has 0 spiro atoms. The van der Waals surface area contributed by atoms with Gasteiger partial charge in [-0.2, -0.15) is 0 Å². The molecule has 0 aromatic heterocycles. The van der Waals surface area contributed by atoms with Gasteiger partial charge in [0.05, 0.1) is 25.4 Å². The van der Waals surface area contributed by atoms with E-state index < -0.39 is 49.5 Å². The molecular weight excluding hydrogens is 803 g/mol. The lowest BCUT2D eigenvalue weighted by atomic mass is 9.99. The number of amides is 1. The van der Waals surface area contributed by atoms with Crippen molar-refractivity contribution in [2.75, 3.05) is 13.2 Å². The van der Waals surface area contributed by atoms with Crippen molar-refractivity contribution >= 4 is 5.91 Å². The molecule has 0 aromatic carbocycles. The number of rotatable bonds is 45. The van der Waals surface area contributed by atoms with Crippen LogP contribution in [0.2, 0.25) is 0 Å². The standard InChI is InChI=1S/C55H101NO8/c1-3-5-7-9-11-13-15-16-17-18-19-20-21-22-23-24-25-26-27-28-29-30-31-32-33-34-35-37-39-41-43-45-51(59)56-48(47-63-55-54(62)53(61)52(60)50(46-57)64-55)49(58)44-42-40-38-36-14-12-10-8-6-4-2/h6,8,14,22-23,36,42,44,48-50,52-55,57-58,60-62H,3-5,7,9-13,15-21,24-35,37-41,43,45-47H2,1-2H3,(H,56,59)/b8-6+,23-22-,36-14+,44-42+. The van der Waals surface area contributed by atoms with Crippen LogP contribution in [0.25, 0.3) is 0 Å². The topological polar surface area (TPSA) is 149 Å². The van der Waals surface area contributed by atoms with Crippen molar-refractivity contribution in [3.63, 3.8) is 0 Å². The van der Waals surface area contributed by atoms with E-state index in [-0.39, 0.29) is 12.5 Å². The first-order valence-corrected chi connectivity index (χ1v) is 26.9. The summed E-state index contributed by atoms with van der Waals surface area (Å²) >= 11 is 0. The number of ether oxygens (including phenoxy) is 2. The van der Waals surface area contributed by atoms with Crippen LogP contribution in [0.1, 0.15) is 239 Å². The Hall–Kier alpha value is -1.85. The van der Waals surface area contributed by atoms with Crippen LogP contribution in [0.15, 0.2) is 48.6 Å². The van der Waals surface area contributed by atoms with Crippen LogP contribution in [-0.2, 0) is 14.3 Å². The summed E-state index contributed by atoms with van der Waals surface area (Å²) in [6.07, 6.45) is 52.1. The summed E-state index contributed by atoms with van der Waals surface area (Å²) in [5.41, 5.74) is 0. The number of hydrogen-bond acceptors (Lipinski definition) is 8. The van der Waals surface area contributed by atoms with Crippen molar-refractivity contribution in [3.8, 4) is 0 Å². The van der Waals surface area contributed by atoms with Crippen LogP contribution >= 0.6 is 0 Å². The van der Waals surface area contributed by atoms with Crippen molar-refractivity contribution < 1.29 is 39.8 Å². The minimum Gasteiger partial charge on any atom is -0.394 e. The number of carbonyl (C=O) groups is 1. The Labute approximate surface area is 393 Å². The third-order valence-corrected chi connectivity index (χ3v) is 12.6. The van der Waals surface area contributed by atoms with Gasteiger partial charge in [0.1, 0.15) is 24.4 Å². The van der Waals surface area contributed by atoms with Crippen molar-refractivity contribution in [1.29, 1.82) is 0 Å². The number of hydrogen-bond donors (Lipinski definition) is 6. The molecule has 7 atom stereocenters. The van der Waals surface area contributed by atoms with Crippen LogP contribution < -0.4 is 5.32 Å². The second-order valence-electron chi connectivity index (χ2n) is 18.6. The Morgan fingerprint density at radius 3 is 1.39 bits per heavy atom. The van der Waals surface area contributed by atoms with Crippen LogP contribution in [0, 0.1) is 0 Å². The monoisotopic (exact) mass is 904 g/mol. The van der Waals surface area contributed by atoms with Crippen molar-refractivity contribution in [2.24, 2.45) is 0 Å². The maximum atomic E-state index is 13.0. The summed E-state index contributed by atoms with van der Waals surface area (Å²) in [4.78, 5) is 13.0. The molecule has 1 amide bonds. The molecule has 0 aliphatic carbocycles. The largest absolute Gasteiger partial charge is 0.394 e. The van der Waals surface area contributed by atoms with E-state index in [1.165, 1.54) is 167 Å². The number of carbonyl (C=O) groups excluding carboxylic acids is 1. The molecule has 1 fully saturated rings. The zero-order chi connectivity index (χ0) is 46.6. The smallest absolute Gasteiger partial charge is 0.220 e. The van der Waals surface area contributed by atoms with Gasteiger partial charge in [-0.3, -0.25) is 4.79 Å². The Bertz CT molecular complexity index is 1140. The van der Waals surface area contributed by atoms with Crippen LogP contribution in [0.5, 0.6) is 0 Å². The molecular formula is C55H101NO8. The van der Waals surface area contributed by atoms with E-state index in [0.717, 1.165) is 51.4 Å². The molecule has 0 aromatic rings. The minimum atomic E-state index is -1.57. The van der Waals surface area contributed by atoms with E-state index in [2.05, 4.69) is 55.6 Å². The molecule has 1 aliphatic rings. The van der Waals surface area contributed by atoms with Gasteiger partial charge in [0, 0.05) is 6.42 Å². The quantitative estimate of drug-likeness (QED) is 0.0261. The fourth-order valence-electron chi connectivity index (χ4n) is 8.37. The van der Waals surface area contributed by atoms with Crippen molar-refractivity contribution in [2.45, 2.75) is 281 Å². The first-order valence-electron chi connectivity index (χ1n) is 26.9. The van der Waals surface area contributed by atoms with E-state index in [9.17, 15) is 30.3 Å². The molecule has 1 rings (SSSR count). The zero-order valence-corrected chi connectivity index (χ0v) is 41.3. The number of aliphatic hydroxyl groups excluding tert-OH is 5. The summed E-state index contributed by atoms with van der Waals surface area (Å²) in [6, 6.07) is -0.826. The molecule has 0 bridgehead atoms. The number of unbranched alkanes of at least 4 members (excludes halogenated alkanes) is 29. The Balaban J connectivity index is 2.11. The van der Waals surface area contributed by atoms with Gasteiger partial charge in [-0.05, 0) is 64.2 Å². The predicted molar refractivity (Wildman–Crippen MR) is 267 cm³/mol. The summed E-state index contributed by atoms with van der Waals surface area (Å²) in [5.74, 6) is -0.192. The third kappa shape index (κ3) is 34.5. The molecule has 9 heteroatoms. The van der Waals surface area contributed by atoms with Gasteiger partial charge < -0.3 is 40.3 Å². The molecule has 64 heavy (non-hydrogen) atoms. The van der Waals surface area contributed by atoms with Gasteiger partial charge >= 0.3 is 0 Å². The fraction of sp³-hybridized carbons (Fsp3) is 0.836. The summed E-state index contributed by atoms with van der Waals surface area (Å²) in [5, 5.41) is 54.1. The lowest BCUT2D eigenvalue weighted by Gasteiger charge is -2.40. The van der Waals surface area contributed by atoms with Gasteiger partial charge in [0.15, 0.2) is 6.29 Å². The lowest BCUT2D eigenvalue weighted by molar-refractivity contribution is -0.302. The van der Waals surface area contributed by atoms with E-state index in [0.29, 0.717) is 6.42 Å². The predicted octanol–water partition coefficient (Wildman–Crippen LogP) is 12.6. The van der Waals surface area contributed by atoms with Gasteiger partial charge in [0.2, 0.25) is 5.91 Å². The molecule has 374 valence electrons. The van der Waals surface area contributed by atoms with Gasteiger partial charge in [0.25, 0.3) is 0 Å². The molecule has 6 N–H and O–H groups in total. The Morgan fingerprint density at radius 1 is 0.531 bits per heavy atom. The average Bonchev–Trinajstić information content (AvgIpc) is 3.29. The zero-order valence-electron chi connectivity index (χ0n) is 41.3. The molecule has 1 heterocycles. The summed E-state index contributed by atoms with van der Waals surface area (Å²) < 4.78 is 11.2. The van der Waals surface area contributed by atoms with E-state index in [4.69, 9.17) is 9.47 Å². The molecule has 7 unspecified atom stereocenters. The highest BCUT2D eigenvalue weighted by atomic mass is 16.7. The van der Waals surface area contributed by atoms with Gasteiger partial charge in [-0.15, -0.1) is 0 Å². The fourth-order valence-corrected chi connectivity index (χ4v) is 8.37. The first kappa shape index (κ1) is 60.2. The SMILES string of the molecule is CC/C=C/CC/C=C/CC/C=C/C(O)C(COC1OC(CO)C(O)C(O)C1O)NC(=O)CCCCCCCCCCCCCCCCC/C=C\CCCCCCCCCCCCCC. The summed E-state index contributed by atoms with van der Waals surface area (Å²) in [7, 11) is 0. The number of allylic oxidation sites excluding steroid dienone is 7. The minimum absolute atomic E-state index is 0.192. The Morgan fingerprint density at radius 2 is 0.938 bits per heavy atom. The highest BCUT2D eigenvalue weighted by Gasteiger charge is 2.44. The Kier molecular flexibility index (Phi) is 42.3. The van der Waals surface area contributed by atoms with Crippen LogP contribution in [0.3, 0.4) is 0 Å². The van der Waals surface area contributed by atoms with Crippen LogP contribution in [-0.4, -0.2) is 87.5 Å². The first-order chi connectivity index (χ1) is 31.3. The third-order valence-electron chi connectivity index (χ3n) is 12.6. The van der Waals surface area contributed by atoms with Gasteiger partial charge in [-0.25, -0.2) is 0 Å². The molecule has 0 radical (unpaired) electrons. The van der Waals surface area contributed by atoms with E-state index >= 15 is 0 Å². The maximum absolute atomic E-state index is 13.0. The highest BCUT2D eigenvalue weighted by Crippen LogP contribution is 2.23. The van der Waals surface area contributed by atoms with E-state index in [1.807, 2.05) is 6.08 Å². The maximum Gasteiger partial charge on any atom is 0.220 e. The van der Waals surface area contributed by atoms with Crippen LogP contribution in [0.4, 0.5) is 0 Å². The lowest BCUT2D eigenvalue weighted by Crippen LogP contribution is -2.60. The van der Waals surface area contributed by atoms with Crippen molar-refractivity contribution in [1.82, 2.24) is 5.32 Å². The number of aliphatic hydroxyl groups is 5. The average molecular weight is 904 g/mol. The molecule has 1 aliphatic heterocycles.